The Hall–Kier alpha value is -0.610. The van der Waals surface area contributed by atoms with E-state index in [9.17, 15) is 4.79 Å². The van der Waals surface area contributed by atoms with Crippen LogP contribution in [0.3, 0.4) is 0 Å². The molecule has 0 aromatic rings. The minimum absolute atomic E-state index is 0.0947. The molecular formula is C10H21N3O. The van der Waals surface area contributed by atoms with Crippen LogP contribution in [0.1, 0.15) is 27.2 Å². The summed E-state index contributed by atoms with van der Waals surface area (Å²) in [5.41, 5.74) is 11.1. The quantitative estimate of drug-likeness (QED) is 0.667. The van der Waals surface area contributed by atoms with E-state index < -0.39 is 0 Å². The molecule has 1 saturated heterocycles. The number of hydrogen-bond donors (Lipinski definition) is 2. The van der Waals surface area contributed by atoms with Gasteiger partial charge in [0, 0.05) is 19.1 Å². The molecule has 0 aromatic carbocycles. The Kier molecular flexibility index (Phi) is 3.17. The third kappa shape index (κ3) is 2.07. The smallest absolute Gasteiger partial charge is 0.234 e. The van der Waals surface area contributed by atoms with Crippen molar-refractivity contribution in [2.24, 2.45) is 16.9 Å². The van der Waals surface area contributed by atoms with Crippen LogP contribution in [-0.4, -0.2) is 36.0 Å². The molecule has 82 valence electrons. The first-order valence-corrected chi connectivity index (χ1v) is 5.13. The molecule has 1 aliphatic rings. The van der Waals surface area contributed by atoms with E-state index in [2.05, 4.69) is 25.7 Å². The summed E-state index contributed by atoms with van der Waals surface area (Å²) in [6.07, 6.45) is 0.877. The van der Waals surface area contributed by atoms with Gasteiger partial charge in [0.05, 0.1) is 6.04 Å². The minimum Gasteiger partial charge on any atom is -0.368 e. The first kappa shape index (κ1) is 11.5. The van der Waals surface area contributed by atoms with Gasteiger partial charge in [0.25, 0.3) is 0 Å². The number of carbonyl (C=O) groups excluding carboxylic acids is 1. The average molecular weight is 199 g/mol. The topological polar surface area (TPSA) is 72.3 Å². The molecule has 1 fully saturated rings. The standard InChI is InChI=1S/C10H21N3O/c1-10(2,3)8(6-11)13-5-4-7(13)9(12)14/h7-8H,4-6,11H2,1-3H3,(H2,12,14). The number of primary amides is 1. The molecule has 0 bridgehead atoms. The highest BCUT2D eigenvalue weighted by atomic mass is 16.1. The Balaban J connectivity index is 2.67. The number of hydrogen-bond acceptors (Lipinski definition) is 3. The lowest BCUT2D eigenvalue weighted by molar-refractivity contribution is -0.131. The summed E-state index contributed by atoms with van der Waals surface area (Å²) < 4.78 is 0. The molecule has 14 heavy (non-hydrogen) atoms. The van der Waals surface area contributed by atoms with Crippen LogP contribution < -0.4 is 11.5 Å². The highest BCUT2D eigenvalue weighted by molar-refractivity contribution is 5.80. The van der Waals surface area contributed by atoms with Crippen molar-refractivity contribution in [2.75, 3.05) is 13.1 Å². The van der Waals surface area contributed by atoms with Crippen LogP contribution in [0.4, 0.5) is 0 Å². The molecule has 0 saturated carbocycles. The molecule has 0 radical (unpaired) electrons. The summed E-state index contributed by atoms with van der Waals surface area (Å²) in [5, 5.41) is 0. The van der Waals surface area contributed by atoms with Crippen LogP contribution >= 0.6 is 0 Å². The average Bonchev–Trinajstić information content (AvgIpc) is 1.93. The Morgan fingerprint density at radius 2 is 2.14 bits per heavy atom. The SMILES string of the molecule is CC(C)(C)C(CN)N1CCC1C(N)=O. The third-order valence-corrected chi connectivity index (χ3v) is 3.01. The molecule has 2 atom stereocenters. The number of nitrogens with zero attached hydrogens (tertiary/aromatic N) is 1. The maximum Gasteiger partial charge on any atom is 0.234 e. The fourth-order valence-corrected chi connectivity index (χ4v) is 2.07. The number of rotatable bonds is 3. The van der Waals surface area contributed by atoms with Gasteiger partial charge in [0.2, 0.25) is 5.91 Å². The van der Waals surface area contributed by atoms with Gasteiger partial charge in [-0.05, 0) is 11.8 Å². The van der Waals surface area contributed by atoms with Gasteiger partial charge in [-0.2, -0.15) is 0 Å². The molecule has 1 heterocycles. The Labute approximate surface area is 85.6 Å². The molecule has 0 spiro atoms. The van der Waals surface area contributed by atoms with E-state index in [-0.39, 0.29) is 23.4 Å². The molecule has 0 aliphatic carbocycles. The van der Waals surface area contributed by atoms with E-state index in [1.54, 1.807) is 0 Å². The van der Waals surface area contributed by atoms with Gasteiger partial charge in [0.1, 0.15) is 0 Å². The highest BCUT2D eigenvalue weighted by Crippen LogP contribution is 2.30. The zero-order valence-corrected chi connectivity index (χ0v) is 9.29. The number of carbonyl (C=O) groups is 1. The van der Waals surface area contributed by atoms with Gasteiger partial charge in [-0.1, -0.05) is 20.8 Å². The molecule has 4 nitrogen and oxygen atoms in total. The highest BCUT2D eigenvalue weighted by Gasteiger charge is 2.41. The van der Waals surface area contributed by atoms with E-state index >= 15 is 0 Å². The van der Waals surface area contributed by atoms with Crippen molar-refractivity contribution >= 4 is 5.91 Å². The Bertz CT molecular complexity index is 222. The van der Waals surface area contributed by atoms with Crippen molar-refractivity contribution in [1.82, 2.24) is 4.90 Å². The van der Waals surface area contributed by atoms with Crippen molar-refractivity contribution in [3.8, 4) is 0 Å². The summed E-state index contributed by atoms with van der Waals surface area (Å²) >= 11 is 0. The second-order valence-corrected chi connectivity index (χ2v) is 5.06. The molecule has 1 amide bonds. The van der Waals surface area contributed by atoms with E-state index in [1.807, 2.05) is 0 Å². The minimum atomic E-state index is -0.223. The number of amides is 1. The van der Waals surface area contributed by atoms with Gasteiger partial charge >= 0.3 is 0 Å². The summed E-state index contributed by atoms with van der Waals surface area (Å²) in [7, 11) is 0. The first-order valence-electron chi connectivity index (χ1n) is 5.13. The Morgan fingerprint density at radius 3 is 2.36 bits per heavy atom. The van der Waals surface area contributed by atoms with E-state index in [1.165, 1.54) is 0 Å². The monoisotopic (exact) mass is 199 g/mol. The van der Waals surface area contributed by atoms with Crippen LogP contribution in [0.15, 0.2) is 0 Å². The van der Waals surface area contributed by atoms with Crippen molar-refractivity contribution in [1.29, 1.82) is 0 Å². The second kappa shape index (κ2) is 3.87. The lowest BCUT2D eigenvalue weighted by Gasteiger charge is -2.49. The molecule has 1 rings (SSSR count). The van der Waals surface area contributed by atoms with Gasteiger partial charge in [-0.15, -0.1) is 0 Å². The van der Waals surface area contributed by atoms with Crippen molar-refractivity contribution < 1.29 is 4.79 Å². The third-order valence-electron chi connectivity index (χ3n) is 3.01. The summed E-state index contributed by atoms with van der Waals surface area (Å²) in [5.74, 6) is -0.223. The Morgan fingerprint density at radius 1 is 1.57 bits per heavy atom. The van der Waals surface area contributed by atoms with E-state index in [0.29, 0.717) is 6.54 Å². The van der Waals surface area contributed by atoms with Crippen molar-refractivity contribution in [3.05, 3.63) is 0 Å². The van der Waals surface area contributed by atoms with Crippen LogP contribution in [0.2, 0.25) is 0 Å². The summed E-state index contributed by atoms with van der Waals surface area (Å²) in [6.45, 7) is 7.93. The number of likely N-dealkylation sites (tertiary alicyclic amines) is 1. The predicted octanol–water partition coefficient (Wildman–Crippen LogP) is -0.0806. The van der Waals surface area contributed by atoms with E-state index in [4.69, 9.17) is 11.5 Å². The van der Waals surface area contributed by atoms with Crippen molar-refractivity contribution in [3.63, 3.8) is 0 Å². The maximum atomic E-state index is 11.1. The first-order chi connectivity index (χ1) is 6.38. The van der Waals surface area contributed by atoms with Gasteiger partial charge in [-0.3, -0.25) is 9.69 Å². The predicted molar refractivity (Wildman–Crippen MR) is 56.6 cm³/mol. The maximum absolute atomic E-state index is 11.1. The van der Waals surface area contributed by atoms with Gasteiger partial charge < -0.3 is 11.5 Å². The van der Waals surface area contributed by atoms with Crippen LogP contribution in [-0.2, 0) is 4.79 Å². The van der Waals surface area contributed by atoms with Crippen LogP contribution in [0.25, 0.3) is 0 Å². The molecule has 4 heteroatoms. The van der Waals surface area contributed by atoms with E-state index in [0.717, 1.165) is 13.0 Å². The molecule has 4 N–H and O–H groups in total. The molecule has 2 unspecified atom stereocenters. The lowest BCUT2D eigenvalue weighted by Crippen LogP contribution is -2.63. The van der Waals surface area contributed by atoms with Gasteiger partial charge in [0.15, 0.2) is 0 Å². The van der Waals surface area contributed by atoms with Crippen LogP contribution in [0, 0.1) is 5.41 Å². The zero-order valence-electron chi connectivity index (χ0n) is 9.29. The fraction of sp³-hybridized carbons (Fsp3) is 0.900. The summed E-state index contributed by atoms with van der Waals surface area (Å²) in [6, 6.07) is 0.150. The second-order valence-electron chi connectivity index (χ2n) is 5.06. The largest absolute Gasteiger partial charge is 0.368 e. The molecular weight excluding hydrogens is 178 g/mol. The molecule has 0 aromatic heterocycles. The molecule has 1 aliphatic heterocycles. The van der Waals surface area contributed by atoms with Gasteiger partial charge in [-0.25, -0.2) is 0 Å². The normalized spacial score (nSPS) is 25.6. The summed E-state index contributed by atoms with van der Waals surface area (Å²) in [4.78, 5) is 13.2. The fourth-order valence-electron chi connectivity index (χ4n) is 2.07. The zero-order chi connectivity index (χ0) is 10.9. The lowest BCUT2D eigenvalue weighted by atomic mass is 9.82. The van der Waals surface area contributed by atoms with Crippen molar-refractivity contribution in [2.45, 2.75) is 39.3 Å². The number of nitrogens with two attached hydrogens (primary N) is 2. The van der Waals surface area contributed by atoms with Crippen LogP contribution in [0.5, 0.6) is 0 Å².